The van der Waals surface area contributed by atoms with Crippen molar-refractivity contribution in [3.05, 3.63) is 23.5 Å². The molecule has 6 heteroatoms. The zero-order chi connectivity index (χ0) is 10.7. The van der Waals surface area contributed by atoms with Gasteiger partial charge in [-0.25, -0.2) is 4.39 Å². The second-order valence-corrected chi connectivity index (χ2v) is 2.61. The highest BCUT2D eigenvalue weighted by molar-refractivity contribution is 6.60. The third-order valence-corrected chi connectivity index (χ3v) is 1.76. The molecule has 0 atom stereocenters. The van der Waals surface area contributed by atoms with E-state index in [2.05, 4.69) is 4.74 Å². The quantitative estimate of drug-likeness (QED) is 0.499. The van der Waals surface area contributed by atoms with Crippen LogP contribution in [0, 0.1) is 5.82 Å². The summed E-state index contributed by atoms with van der Waals surface area (Å²) in [6, 6.07) is 1.96. The number of ether oxygens (including phenoxy) is 1. The molecule has 0 aliphatic heterocycles. The average Bonchev–Trinajstić information content (AvgIpc) is 2.17. The van der Waals surface area contributed by atoms with E-state index in [9.17, 15) is 9.18 Å². The molecular formula is C8H8BFO4. The Hall–Kier alpha value is -1.40. The van der Waals surface area contributed by atoms with Gasteiger partial charge in [0.1, 0.15) is 6.29 Å². The van der Waals surface area contributed by atoms with E-state index >= 15 is 0 Å². The first-order valence-corrected chi connectivity index (χ1v) is 3.79. The lowest BCUT2D eigenvalue weighted by molar-refractivity contribution is 0.112. The Kier molecular flexibility index (Phi) is 3.21. The number of benzene rings is 1. The van der Waals surface area contributed by atoms with Crippen LogP contribution >= 0.6 is 0 Å². The van der Waals surface area contributed by atoms with Gasteiger partial charge >= 0.3 is 7.12 Å². The van der Waals surface area contributed by atoms with Crippen molar-refractivity contribution in [2.45, 2.75) is 0 Å². The van der Waals surface area contributed by atoms with Gasteiger partial charge in [-0.3, -0.25) is 4.79 Å². The lowest BCUT2D eigenvalue weighted by Gasteiger charge is -2.07. The van der Waals surface area contributed by atoms with Crippen LogP contribution in [0.5, 0.6) is 5.75 Å². The van der Waals surface area contributed by atoms with Crippen LogP contribution in [0.25, 0.3) is 0 Å². The van der Waals surface area contributed by atoms with Crippen molar-refractivity contribution >= 4 is 18.9 Å². The maximum atomic E-state index is 13.1. The molecule has 2 N–H and O–H groups in total. The lowest BCUT2D eigenvalue weighted by Crippen LogP contribution is -2.33. The van der Waals surface area contributed by atoms with Crippen molar-refractivity contribution in [3.8, 4) is 5.75 Å². The molecule has 0 unspecified atom stereocenters. The predicted molar refractivity (Wildman–Crippen MR) is 48.2 cm³/mol. The number of halogens is 1. The largest absolute Gasteiger partial charge is 0.494 e. The Morgan fingerprint density at radius 3 is 2.57 bits per heavy atom. The molecule has 0 aromatic heterocycles. The van der Waals surface area contributed by atoms with E-state index in [0.717, 1.165) is 12.1 Å². The Morgan fingerprint density at radius 1 is 1.50 bits per heavy atom. The minimum atomic E-state index is -1.88. The Morgan fingerprint density at radius 2 is 2.14 bits per heavy atom. The standard InChI is InChI=1S/C8H8BFO4/c1-14-8-2-5(4-11)6(9(12)13)3-7(8)10/h2-4,12-13H,1H3. The fraction of sp³-hybridized carbons (Fsp3) is 0.125. The normalized spacial score (nSPS) is 9.71. The van der Waals surface area contributed by atoms with Crippen LogP contribution in [0.2, 0.25) is 0 Å². The van der Waals surface area contributed by atoms with E-state index in [1.54, 1.807) is 0 Å². The zero-order valence-electron chi connectivity index (χ0n) is 7.40. The average molecular weight is 198 g/mol. The van der Waals surface area contributed by atoms with Gasteiger partial charge in [0.05, 0.1) is 7.11 Å². The van der Waals surface area contributed by atoms with Gasteiger partial charge in [-0.1, -0.05) is 0 Å². The summed E-state index contributed by atoms with van der Waals surface area (Å²) >= 11 is 0. The van der Waals surface area contributed by atoms with Gasteiger partial charge in [-0.05, 0) is 17.6 Å². The minimum absolute atomic E-state index is 0.0155. The summed E-state index contributed by atoms with van der Waals surface area (Å²) in [4.78, 5) is 10.5. The van der Waals surface area contributed by atoms with Gasteiger partial charge in [-0.15, -0.1) is 0 Å². The first-order valence-electron chi connectivity index (χ1n) is 3.79. The molecule has 1 aromatic rings. The number of hydrogen-bond acceptors (Lipinski definition) is 4. The summed E-state index contributed by atoms with van der Waals surface area (Å²) in [6.45, 7) is 0. The Labute approximate surface area is 80.1 Å². The summed E-state index contributed by atoms with van der Waals surface area (Å²) in [5.41, 5.74) is -0.198. The summed E-state index contributed by atoms with van der Waals surface area (Å²) in [7, 11) is -0.627. The molecule has 0 spiro atoms. The highest BCUT2D eigenvalue weighted by Crippen LogP contribution is 2.16. The van der Waals surface area contributed by atoms with Crippen LogP contribution in [-0.2, 0) is 0 Å². The number of carbonyl (C=O) groups is 1. The number of hydrogen-bond donors (Lipinski definition) is 2. The smallest absolute Gasteiger partial charge is 0.489 e. The maximum Gasteiger partial charge on any atom is 0.489 e. The summed E-state index contributed by atoms with van der Waals surface area (Å²) in [5.74, 6) is -0.863. The summed E-state index contributed by atoms with van der Waals surface area (Å²) in [6.07, 6.45) is 0.400. The van der Waals surface area contributed by atoms with Crippen molar-refractivity contribution in [2.75, 3.05) is 7.11 Å². The van der Waals surface area contributed by atoms with Crippen LogP contribution in [0.3, 0.4) is 0 Å². The molecule has 0 saturated heterocycles. The second-order valence-electron chi connectivity index (χ2n) is 2.61. The van der Waals surface area contributed by atoms with Crippen LogP contribution < -0.4 is 10.2 Å². The fourth-order valence-electron chi connectivity index (χ4n) is 1.07. The highest BCUT2D eigenvalue weighted by atomic mass is 19.1. The number of aldehydes is 1. The Bertz CT molecular complexity index is 353. The zero-order valence-corrected chi connectivity index (χ0v) is 7.40. The maximum absolute atomic E-state index is 13.1. The Balaban J connectivity index is 3.31. The summed E-state index contributed by atoms with van der Waals surface area (Å²) in [5, 5.41) is 17.6. The second kappa shape index (κ2) is 4.21. The van der Waals surface area contributed by atoms with Gasteiger partial charge in [-0.2, -0.15) is 0 Å². The van der Waals surface area contributed by atoms with E-state index in [0.29, 0.717) is 6.29 Å². The SMILES string of the molecule is COc1cc(C=O)c(B(O)O)cc1F. The third kappa shape index (κ3) is 1.91. The van der Waals surface area contributed by atoms with Gasteiger partial charge in [0.15, 0.2) is 11.6 Å². The number of methoxy groups -OCH3 is 1. The molecule has 0 heterocycles. The molecule has 0 aliphatic carbocycles. The summed E-state index contributed by atoms with van der Waals surface area (Å²) < 4.78 is 17.7. The van der Waals surface area contributed by atoms with E-state index in [1.807, 2.05) is 0 Å². The van der Waals surface area contributed by atoms with Crippen molar-refractivity contribution in [1.82, 2.24) is 0 Å². The van der Waals surface area contributed by atoms with Gasteiger partial charge < -0.3 is 14.8 Å². The van der Waals surface area contributed by atoms with E-state index in [4.69, 9.17) is 10.0 Å². The predicted octanol–water partition coefficient (Wildman–Crippen LogP) is -0.673. The first-order chi connectivity index (χ1) is 6.60. The molecule has 1 aromatic carbocycles. The van der Waals surface area contributed by atoms with Crippen molar-refractivity contribution in [3.63, 3.8) is 0 Å². The van der Waals surface area contributed by atoms with E-state index in [-0.39, 0.29) is 16.8 Å². The molecular weight excluding hydrogens is 190 g/mol. The van der Waals surface area contributed by atoms with Crippen molar-refractivity contribution in [2.24, 2.45) is 0 Å². The molecule has 1 rings (SSSR count). The molecule has 0 radical (unpaired) electrons. The monoisotopic (exact) mass is 198 g/mol. The van der Waals surface area contributed by atoms with Gasteiger partial charge in [0, 0.05) is 5.56 Å². The van der Waals surface area contributed by atoms with Crippen molar-refractivity contribution in [1.29, 1.82) is 0 Å². The van der Waals surface area contributed by atoms with Crippen LogP contribution in [0.15, 0.2) is 12.1 Å². The van der Waals surface area contributed by atoms with Gasteiger partial charge in [0.25, 0.3) is 0 Å². The molecule has 0 saturated carbocycles. The topological polar surface area (TPSA) is 66.8 Å². The van der Waals surface area contributed by atoms with E-state index < -0.39 is 12.9 Å². The lowest BCUT2D eigenvalue weighted by atomic mass is 9.77. The first kappa shape index (κ1) is 10.7. The number of rotatable bonds is 3. The molecule has 0 bridgehead atoms. The van der Waals surface area contributed by atoms with E-state index in [1.165, 1.54) is 7.11 Å². The molecule has 0 aliphatic rings. The third-order valence-electron chi connectivity index (χ3n) is 1.76. The molecule has 14 heavy (non-hydrogen) atoms. The van der Waals surface area contributed by atoms with Gasteiger partial charge in [0.2, 0.25) is 0 Å². The van der Waals surface area contributed by atoms with Crippen LogP contribution in [0.4, 0.5) is 4.39 Å². The van der Waals surface area contributed by atoms with Crippen molar-refractivity contribution < 1.29 is 24.0 Å². The fourth-order valence-corrected chi connectivity index (χ4v) is 1.07. The molecule has 0 amide bonds. The van der Waals surface area contributed by atoms with Crippen LogP contribution in [-0.4, -0.2) is 30.6 Å². The minimum Gasteiger partial charge on any atom is -0.494 e. The highest BCUT2D eigenvalue weighted by Gasteiger charge is 2.19. The molecule has 0 fully saturated rings. The molecule has 4 nitrogen and oxygen atoms in total. The molecule has 74 valence electrons. The number of carbonyl (C=O) groups excluding carboxylic acids is 1. The van der Waals surface area contributed by atoms with Crippen LogP contribution in [0.1, 0.15) is 10.4 Å².